The Balaban J connectivity index is 0.00000364. The summed E-state index contributed by atoms with van der Waals surface area (Å²) in [5.41, 5.74) is 2.72. The number of carbonyl (C=O) groups excluding carboxylic acids is 1. The van der Waals surface area contributed by atoms with E-state index in [9.17, 15) is 4.79 Å². The van der Waals surface area contributed by atoms with Crippen molar-refractivity contribution >= 4 is 47.4 Å². The van der Waals surface area contributed by atoms with E-state index in [2.05, 4.69) is 20.9 Å². The van der Waals surface area contributed by atoms with Crippen molar-refractivity contribution in [3.63, 3.8) is 0 Å². The lowest BCUT2D eigenvalue weighted by Gasteiger charge is -2.12. The number of benzene rings is 2. The van der Waals surface area contributed by atoms with Crippen LogP contribution in [0.1, 0.15) is 28.4 Å². The first-order valence-electron chi connectivity index (χ1n) is 8.70. The van der Waals surface area contributed by atoms with Gasteiger partial charge in [0, 0.05) is 30.7 Å². The third-order valence-corrected chi connectivity index (χ3v) is 4.19. The molecule has 1 amide bonds. The van der Waals surface area contributed by atoms with E-state index in [-0.39, 0.29) is 29.9 Å². The van der Waals surface area contributed by atoms with Gasteiger partial charge >= 0.3 is 0 Å². The quantitative estimate of drug-likeness (QED) is 0.309. The van der Waals surface area contributed by atoms with Crippen LogP contribution in [0.2, 0.25) is 5.02 Å². The maximum atomic E-state index is 11.7. The largest absolute Gasteiger partial charge is 0.357 e. The van der Waals surface area contributed by atoms with Crippen LogP contribution in [-0.4, -0.2) is 32.0 Å². The predicted octanol–water partition coefficient (Wildman–Crippen LogP) is 3.62. The first kappa shape index (κ1) is 23.2. The lowest BCUT2D eigenvalue weighted by Crippen LogP contribution is -2.38. The molecular weight excluding hydrogens is 475 g/mol. The van der Waals surface area contributed by atoms with E-state index in [4.69, 9.17) is 11.6 Å². The molecule has 0 bridgehead atoms. The van der Waals surface area contributed by atoms with Crippen molar-refractivity contribution in [2.45, 2.75) is 19.9 Å². The smallest absolute Gasteiger partial charge is 0.251 e. The summed E-state index contributed by atoms with van der Waals surface area (Å²) in [5.74, 6) is 0.644. The highest BCUT2D eigenvalue weighted by Gasteiger charge is 2.04. The summed E-state index contributed by atoms with van der Waals surface area (Å²) in [4.78, 5) is 16.3. The summed E-state index contributed by atoms with van der Waals surface area (Å²) >= 11 is 6.19. The standard InChI is InChI=1S/C20H25ClN4O.HI/c1-3-23-20(24-12-11-16-8-4-5-10-18(16)21)25-14-15-7-6-9-17(13-15)19(26)22-2;/h4-10,13H,3,11-12,14H2,1-2H3,(H,22,26)(H2,23,24,25);1H. The van der Waals surface area contributed by atoms with E-state index < -0.39 is 0 Å². The summed E-state index contributed by atoms with van der Waals surface area (Å²) in [6.07, 6.45) is 0.816. The topological polar surface area (TPSA) is 65.5 Å². The van der Waals surface area contributed by atoms with Crippen molar-refractivity contribution in [3.05, 3.63) is 70.2 Å². The van der Waals surface area contributed by atoms with Gasteiger partial charge in [-0.15, -0.1) is 24.0 Å². The van der Waals surface area contributed by atoms with Gasteiger partial charge in [-0.1, -0.05) is 41.9 Å². The molecule has 0 aliphatic carbocycles. The lowest BCUT2D eigenvalue weighted by atomic mass is 10.1. The first-order chi connectivity index (χ1) is 12.6. The van der Waals surface area contributed by atoms with Gasteiger partial charge in [-0.2, -0.15) is 0 Å². The summed E-state index contributed by atoms with van der Waals surface area (Å²) in [6, 6.07) is 15.3. The van der Waals surface area contributed by atoms with E-state index >= 15 is 0 Å². The molecule has 2 aromatic rings. The van der Waals surface area contributed by atoms with Gasteiger partial charge < -0.3 is 16.0 Å². The van der Waals surface area contributed by atoms with Crippen LogP contribution in [0.3, 0.4) is 0 Å². The summed E-state index contributed by atoms with van der Waals surface area (Å²) < 4.78 is 0. The molecule has 0 spiro atoms. The van der Waals surface area contributed by atoms with Gasteiger partial charge in [-0.25, -0.2) is 4.99 Å². The number of nitrogens with zero attached hydrogens (tertiary/aromatic N) is 1. The zero-order valence-corrected chi connectivity index (χ0v) is 18.7. The van der Waals surface area contributed by atoms with Crippen molar-refractivity contribution in [1.29, 1.82) is 0 Å². The number of guanidine groups is 1. The average molecular weight is 501 g/mol. The Kier molecular flexibility index (Phi) is 10.8. The Morgan fingerprint density at radius 1 is 1.11 bits per heavy atom. The third-order valence-electron chi connectivity index (χ3n) is 3.82. The van der Waals surface area contributed by atoms with Crippen LogP contribution in [-0.2, 0) is 13.0 Å². The summed E-state index contributed by atoms with van der Waals surface area (Å²) in [6.45, 7) is 4.02. The molecule has 0 unspecified atom stereocenters. The van der Waals surface area contributed by atoms with E-state index in [1.807, 2.05) is 49.4 Å². The molecule has 0 aliphatic heterocycles. The molecule has 0 saturated heterocycles. The van der Waals surface area contributed by atoms with Crippen LogP contribution >= 0.6 is 35.6 Å². The van der Waals surface area contributed by atoms with Crippen LogP contribution in [0.15, 0.2) is 53.5 Å². The van der Waals surface area contributed by atoms with Gasteiger partial charge in [-0.3, -0.25) is 4.79 Å². The number of halogens is 2. The Bertz CT molecular complexity index is 767. The Morgan fingerprint density at radius 3 is 2.59 bits per heavy atom. The second-order valence-electron chi connectivity index (χ2n) is 5.74. The molecule has 0 aromatic heterocycles. The predicted molar refractivity (Wildman–Crippen MR) is 123 cm³/mol. The number of carbonyl (C=O) groups is 1. The van der Waals surface area contributed by atoms with Gasteiger partial charge in [0.1, 0.15) is 0 Å². The highest BCUT2D eigenvalue weighted by Crippen LogP contribution is 2.14. The number of hydrogen-bond donors (Lipinski definition) is 3. The molecule has 5 nitrogen and oxygen atoms in total. The number of rotatable bonds is 7. The highest BCUT2D eigenvalue weighted by molar-refractivity contribution is 14.0. The first-order valence-corrected chi connectivity index (χ1v) is 9.08. The minimum Gasteiger partial charge on any atom is -0.357 e. The van der Waals surface area contributed by atoms with E-state index in [0.29, 0.717) is 12.1 Å². The summed E-state index contributed by atoms with van der Waals surface area (Å²) in [7, 11) is 1.62. The minimum absolute atomic E-state index is 0. The number of amides is 1. The molecule has 0 radical (unpaired) electrons. The second-order valence-corrected chi connectivity index (χ2v) is 6.15. The molecule has 146 valence electrons. The fraction of sp³-hybridized carbons (Fsp3) is 0.300. The molecule has 0 atom stereocenters. The third kappa shape index (κ3) is 7.76. The van der Waals surface area contributed by atoms with Crippen LogP contribution in [0.25, 0.3) is 0 Å². The van der Waals surface area contributed by atoms with E-state index in [0.717, 1.165) is 41.6 Å². The lowest BCUT2D eigenvalue weighted by molar-refractivity contribution is 0.0963. The Morgan fingerprint density at radius 2 is 1.89 bits per heavy atom. The normalized spacial score (nSPS) is 10.7. The van der Waals surface area contributed by atoms with Crippen LogP contribution in [0.5, 0.6) is 0 Å². The van der Waals surface area contributed by atoms with Crippen molar-refractivity contribution in [3.8, 4) is 0 Å². The van der Waals surface area contributed by atoms with E-state index in [1.165, 1.54) is 0 Å². The molecule has 2 rings (SSSR count). The highest BCUT2D eigenvalue weighted by atomic mass is 127. The van der Waals surface area contributed by atoms with Gasteiger partial charge in [-0.05, 0) is 42.7 Å². The second kappa shape index (κ2) is 12.6. The molecule has 27 heavy (non-hydrogen) atoms. The molecular formula is C20H26ClIN4O. The molecule has 0 heterocycles. The SMILES string of the molecule is CCNC(=NCc1cccc(C(=O)NC)c1)NCCc1ccccc1Cl.I. The molecule has 3 N–H and O–H groups in total. The zero-order chi connectivity index (χ0) is 18.8. The van der Waals surface area contributed by atoms with Crippen LogP contribution in [0, 0.1) is 0 Å². The number of aliphatic imine (C=N–C) groups is 1. The van der Waals surface area contributed by atoms with Gasteiger partial charge in [0.05, 0.1) is 6.54 Å². The van der Waals surface area contributed by atoms with Crippen molar-refractivity contribution in [1.82, 2.24) is 16.0 Å². The molecule has 0 saturated carbocycles. The molecule has 0 aliphatic rings. The fourth-order valence-electron chi connectivity index (χ4n) is 2.48. The van der Waals surface area contributed by atoms with Crippen molar-refractivity contribution in [2.75, 3.05) is 20.1 Å². The molecule has 0 fully saturated rings. The molecule has 7 heteroatoms. The van der Waals surface area contributed by atoms with Crippen LogP contribution < -0.4 is 16.0 Å². The maximum absolute atomic E-state index is 11.7. The number of hydrogen-bond acceptors (Lipinski definition) is 2. The summed E-state index contributed by atoms with van der Waals surface area (Å²) in [5, 5.41) is 9.96. The zero-order valence-electron chi connectivity index (χ0n) is 15.6. The van der Waals surface area contributed by atoms with Gasteiger partial charge in [0.2, 0.25) is 0 Å². The van der Waals surface area contributed by atoms with Crippen molar-refractivity contribution in [2.24, 2.45) is 4.99 Å². The van der Waals surface area contributed by atoms with Gasteiger partial charge in [0.25, 0.3) is 5.91 Å². The number of nitrogens with one attached hydrogen (secondary N) is 3. The average Bonchev–Trinajstić information content (AvgIpc) is 2.67. The van der Waals surface area contributed by atoms with E-state index in [1.54, 1.807) is 13.1 Å². The van der Waals surface area contributed by atoms with Gasteiger partial charge in [0.15, 0.2) is 5.96 Å². The van der Waals surface area contributed by atoms with Crippen molar-refractivity contribution < 1.29 is 4.79 Å². The fourth-order valence-corrected chi connectivity index (χ4v) is 2.71. The Labute approximate surface area is 183 Å². The molecule has 2 aromatic carbocycles. The maximum Gasteiger partial charge on any atom is 0.251 e. The Hall–Kier alpha value is -1.80. The monoisotopic (exact) mass is 500 g/mol. The van der Waals surface area contributed by atoms with Crippen LogP contribution in [0.4, 0.5) is 0 Å². The minimum atomic E-state index is -0.0967.